The summed E-state index contributed by atoms with van der Waals surface area (Å²) < 4.78 is 4.67. The molecular weight excluding hydrogens is 320 g/mol. The third kappa shape index (κ3) is 3.09. The number of nitrogens with zero attached hydrogens (tertiary/aromatic N) is 2. The average molecular weight is 344 g/mol. The summed E-state index contributed by atoms with van der Waals surface area (Å²) in [6, 6.07) is -0.554. The van der Waals surface area contributed by atoms with E-state index >= 15 is 0 Å². The highest BCUT2D eigenvalue weighted by Crippen LogP contribution is 2.49. The van der Waals surface area contributed by atoms with Gasteiger partial charge in [-0.3, -0.25) is 4.79 Å². The van der Waals surface area contributed by atoms with Crippen LogP contribution in [0.15, 0.2) is 6.20 Å². The molecule has 2 heterocycles. The Morgan fingerprint density at radius 3 is 2.76 bits per heavy atom. The van der Waals surface area contributed by atoms with E-state index in [1.165, 1.54) is 7.11 Å². The van der Waals surface area contributed by atoms with E-state index in [4.69, 9.17) is 6.42 Å². The number of nitrogens with one attached hydrogen (secondary N) is 2. The van der Waals surface area contributed by atoms with Crippen molar-refractivity contribution in [3.63, 3.8) is 0 Å². The van der Waals surface area contributed by atoms with Crippen LogP contribution >= 0.6 is 0 Å². The minimum atomic E-state index is -0.628. The van der Waals surface area contributed by atoms with Gasteiger partial charge >= 0.3 is 6.09 Å². The number of hydrogen-bond donors (Lipinski definition) is 2. The summed E-state index contributed by atoms with van der Waals surface area (Å²) in [7, 11) is 1.29. The number of hydrogen-bond acceptors (Lipinski definition) is 4. The van der Waals surface area contributed by atoms with E-state index in [1.54, 1.807) is 6.20 Å². The molecule has 7 nitrogen and oxygen atoms in total. The lowest BCUT2D eigenvalue weighted by molar-refractivity contribution is -0.139. The molecule has 1 saturated carbocycles. The second-order valence-electron chi connectivity index (χ2n) is 7.07. The molecule has 134 valence electrons. The Morgan fingerprint density at radius 2 is 2.24 bits per heavy atom. The Balaban J connectivity index is 1.86. The first kappa shape index (κ1) is 17.3. The topological polar surface area (TPSA) is 87.3 Å². The number of ether oxygens (including phenoxy) is 1. The minimum Gasteiger partial charge on any atom is -0.453 e. The molecule has 1 aliphatic carbocycles. The van der Waals surface area contributed by atoms with Crippen LogP contribution < -0.4 is 5.32 Å². The number of H-pyrrole nitrogens is 1. The molecule has 1 aromatic rings. The lowest BCUT2D eigenvalue weighted by atomic mass is 9.80. The SMILES string of the molecule is C#Cc1c[nH]c([C@@H]2C[C@H]3CC[C@H]3N2C(=O)[C@@H](NC(=O)OC)C(C)C)n1. The van der Waals surface area contributed by atoms with Crippen LogP contribution in [0, 0.1) is 24.2 Å². The van der Waals surface area contributed by atoms with Crippen molar-refractivity contribution in [1.82, 2.24) is 20.2 Å². The van der Waals surface area contributed by atoms with Gasteiger partial charge in [0.1, 0.15) is 17.6 Å². The van der Waals surface area contributed by atoms with Crippen LogP contribution in [0.3, 0.4) is 0 Å². The third-order valence-electron chi connectivity index (χ3n) is 5.30. The highest BCUT2D eigenvalue weighted by molar-refractivity contribution is 5.86. The summed E-state index contributed by atoms with van der Waals surface area (Å²) in [6.45, 7) is 3.82. The monoisotopic (exact) mass is 344 g/mol. The summed E-state index contributed by atoms with van der Waals surface area (Å²) in [4.78, 5) is 34.4. The molecule has 2 aliphatic rings. The number of terminal acetylenes is 1. The highest BCUT2D eigenvalue weighted by Gasteiger charge is 2.51. The number of rotatable bonds is 4. The maximum Gasteiger partial charge on any atom is 0.407 e. The van der Waals surface area contributed by atoms with Gasteiger partial charge in [0, 0.05) is 12.2 Å². The normalized spacial score (nSPS) is 25.7. The van der Waals surface area contributed by atoms with Crippen LogP contribution in [0.25, 0.3) is 0 Å². The van der Waals surface area contributed by atoms with Crippen LogP contribution in [0.4, 0.5) is 4.79 Å². The van der Waals surface area contributed by atoms with Gasteiger partial charge in [-0.05, 0) is 37.0 Å². The molecule has 1 aliphatic heterocycles. The zero-order chi connectivity index (χ0) is 18.1. The second kappa shape index (κ2) is 6.79. The van der Waals surface area contributed by atoms with E-state index in [-0.39, 0.29) is 23.9 Å². The van der Waals surface area contributed by atoms with Gasteiger partial charge in [0.05, 0.1) is 13.2 Å². The van der Waals surface area contributed by atoms with Crippen molar-refractivity contribution in [3.05, 3.63) is 17.7 Å². The third-order valence-corrected chi connectivity index (χ3v) is 5.30. The first-order valence-electron chi connectivity index (χ1n) is 8.64. The smallest absolute Gasteiger partial charge is 0.407 e. The molecule has 2 N–H and O–H groups in total. The Labute approximate surface area is 147 Å². The predicted octanol–water partition coefficient (Wildman–Crippen LogP) is 1.82. The molecular formula is C18H24N4O3. The van der Waals surface area contributed by atoms with Crippen molar-refractivity contribution in [2.45, 2.75) is 51.2 Å². The zero-order valence-corrected chi connectivity index (χ0v) is 14.8. The number of aromatic nitrogens is 2. The van der Waals surface area contributed by atoms with Gasteiger partial charge in [-0.2, -0.15) is 0 Å². The fourth-order valence-corrected chi connectivity index (χ4v) is 3.83. The molecule has 0 unspecified atom stereocenters. The number of aromatic amines is 1. The Bertz CT molecular complexity index is 705. The van der Waals surface area contributed by atoms with Crippen LogP contribution in [-0.4, -0.2) is 46.1 Å². The summed E-state index contributed by atoms with van der Waals surface area (Å²) in [5, 5.41) is 2.68. The van der Waals surface area contributed by atoms with Crippen molar-refractivity contribution in [2.75, 3.05) is 7.11 Å². The molecule has 0 radical (unpaired) electrons. The lowest BCUT2D eigenvalue weighted by Crippen LogP contribution is -2.54. The molecule has 0 aromatic carbocycles. The number of fused-ring (bicyclic) bond motifs is 1. The number of alkyl carbamates (subject to hydrolysis) is 1. The van der Waals surface area contributed by atoms with E-state index in [0.29, 0.717) is 11.6 Å². The van der Waals surface area contributed by atoms with Gasteiger partial charge in [0.15, 0.2) is 0 Å². The maximum atomic E-state index is 13.3. The summed E-state index contributed by atoms with van der Waals surface area (Å²) >= 11 is 0. The maximum absolute atomic E-state index is 13.3. The lowest BCUT2D eigenvalue weighted by Gasteiger charge is -2.39. The number of carbonyl (C=O) groups excluding carboxylic acids is 2. The van der Waals surface area contributed by atoms with Crippen LogP contribution in [0.2, 0.25) is 0 Å². The molecule has 7 heteroatoms. The van der Waals surface area contributed by atoms with Crippen LogP contribution in [-0.2, 0) is 9.53 Å². The van der Waals surface area contributed by atoms with E-state index in [0.717, 1.165) is 25.1 Å². The molecule has 2 amide bonds. The molecule has 1 aromatic heterocycles. The first-order valence-corrected chi connectivity index (χ1v) is 8.64. The number of amides is 2. The molecule has 4 atom stereocenters. The average Bonchev–Trinajstić information content (AvgIpc) is 3.14. The minimum absolute atomic E-state index is 0.0516. The number of likely N-dealkylation sites (tertiary alicyclic amines) is 1. The van der Waals surface area contributed by atoms with Crippen LogP contribution in [0.1, 0.15) is 50.7 Å². The van der Waals surface area contributed by atoms with Gasteiger partial charge in [-0.1, -0.05) is 13.8 Å². The van der Waals surface area contributed by atoms with Gasteiger partial charge in [-0.15, -0.1) is 6.42 Å². The van der Waals surface area contributed by atoms with E-state index in [9.17, 15) is 9.59 Å². The van der Waals surface area contributed by atoms with Crippen molar-refractivity contribution < 1.29 is 14.3 Å². The predicted molar refractivity (Wildman–Crippen MR) is 91.4 cm³/mol. The van der Waals surface area contributed by atoms with Crippen LogP contribution in [0.5, 0.6) is 0 Å². The van der Waals surface area contributed by atoms with E-state index < -0.39 is 12.1 Å². The fourth-order valence-electron chi connectivity index (χ4n) is 3.83. The molecule has 0 spiro atoms. The van der Waals surface area contributed by atoms with Crippen molar-refractivity contribution in [3.8, 4) is 12.3 Å². The van der Waals surface area contributed by atoms with Crippen molar-refractivity contribution >= 4 is 12.0 Å². The van der Waals surface area contributed by atoms with Gasteiger partial charge in [0.25, 0.3) is 0 Å². The molecule has 2 fully saturated rings. The Hall–Kier alpha value is -2.49. The quantitative estimate of drug-likeness (QED) is 0.816. The zero-order valence-electron chi connectivity index (χ0n) is 14.8. The summed E-state index contributed by atoms with van der Waals surface area (Å²) in [5.74, 6) is 3.57. The summed E-state index contributed by atoms with van der Waals surface area (Å²) in [6.07, 6.45) is 9.47. The van der Waals surface area contributed by atoms with Gasteiger partial charge < -0.3 is 19.9 Å². The number of methoxy groups -OCH3 is 1. The molecule has 3 rings (SSSR count). The molecule has 0 bridgehead atoms. The van der Waals surface area contributed by atoms with E-state index in [1.807, 2.05) is 18.7 Å². The molecule has 1 saturated heterocycles. The molecule has 25 heavy (non-hydrogen) atoms. The fraction of sp³-hybridized carbons (Fsp3) is 0.611. The Morgan fingerprint density at radius 1 is 1.48 bits per heavy atom. The summed E-state index contributed by atoms with van der Waals surface area (Å²) in [5.41, 5.74) is 0.537. The van der Waals surface area contributed by atoms with Gasteiger partial charge in [-0.25, -0.2) is 9.78 Å². The highest BCUT2D eigenvalue weighted by atomic mass is 16.5. The van der Waals surface area contributed by atoms with Crippen molar-refractivity contribution in [1.29, 1.82) is 0 Å². The van der Waals surface area contributed by atoms with Gasteiger partial charge in [0.2, 0.25) is 5.91 Å². The second-order valence-corrected chi connectivity index (χ2v) is 7.07. The standard InChI is InChI=1S/C18H24N4O3/c1-5-12-9-19-16(20-12)14-8-11-6-7-13(11)22(14)17(23)15(10(2)3)21-18(24)25-4/h1,9-11,13-15H,6-8H2,2-4H3,(H,19,20)(H,21,24)/t11-,13-,14+,15+/m1/s1. The largest absolute Gasteiger partial charge is 0.453 e. The Kier molecular flexibility index (Phi) is 4.71. The van der Waals surface area contributed by atoms with Crippen molar-refractivity contribution in [2.24, 2.45) is 11.8 Å². The number of carbonyl (C=O) groups is 2. The first-order chi connectivity index (χ1) is 12.0. The van der Waals surface area contributed by atoms with E-state index in [2.05, 4.69) is 25.9 Å². The number of imidazole rings is 1.